The van der Waals surface area contributed by atoms with E-state index in [1.165, 1.54) is 9.87 Å². The van der Waals surface area contributed by atoms with Crippen LogP contribution in [0.1, 0.15) is 41.2 Å². The third-order valence-electron chi connectivity index (χ3n) is 5.83. The topological polar surface area (TPSA) is 71.5 Å². The summed E-state index contributed by atoms with van der Waals surface area (Å²) in [7, 11) is -7.11. The van der Waals surface area contributed by atoms with Gasteiger partial charge < -0.3 is 0 Å². The molecule has 0 N–H and O–H groups in total. The zero-order valence-electron chi connectivity index (χ0n) is 15.7. The van der Waals surface area contributed by atoms with Crippen LogP contribution in [0, 0.1) is 0 Å². The van der Waals surface area contributed by atoms with Crippen molar-refractivity contribution in [2.75, 3.05) is 18.8 Å². The SMILES string of the molecule is O=S1(=O)CCN(S(=O)(=O)c2ccc3c(c2)CCCC3)CCC1c1ccccc1. The Hall–Kier alpha value is -1.70. The second-order valence-corrected chi connectivity index (χ2v) is 11.8. The quantitative estimate of drug-likeness (QED) is 0.766. The fourth-order valence-corrected chi connectivity index (χ4v) is 7.64. The highest BCUT2D eigenvalue weighted by Gasteiger charge is 2.35. The molecular formula is C21H25NO4S2. The summed E-state index contributed by atoms with van der Waals surface area (Å²) >= 11 is 0. The Morgan fingerprint density at radius 3 is 2.36 bits per heavy atom. The number of hydrogen-bond acceptors (Lipinski definition) is 4. The van der Waals surface area contributed by atoms with Gasteiger partial charge in [-0.3, -0.25) is 0 Å². The molecule has 0 bridgehead atoms. The molecule has 150 valence electrons. The van der Waals surface area contributed by atoms with Crippen molar-refractivity contribution in [1.82, 2.24) is 4.31 Å². The molecule has 2 aliphatic rings. The van der Waals surface area contributed by atoms with Crippen molar-refractivity contribution in [2.45, 2.75) is 42.2 Å². The molecule has 1 aliphatic carbocycles. The molecule has 1 heterocycles. The minimum atomic E-state index is -3.71. The Labute approximate surface area is 167 Å². The van der Waals surface area contributed by atoms with Crippen molar-refractivity contribution in [1.29, 1.82) is 0 Å². The highest BCUT2D eigenvalue weighted by molar-refractivity contribution is 7.92. The summed E-state index contributed by atoms with van der Waals surface area (Å²) in [5.74, 6) is -0.156. The number of nitrogens with zero attached hydrogens (tertiary/aromatic N) is 1. The smallest absolute Gasteiger partial charge is 0.228 e. The summed E-state index contributed by atoms with van der Waals surface area (Å²) in [6.45, 7) is 0.212. The first-order valence-electron chi connectivity index (χ1n) is 9.76. The number of sulfonamides is 1. The van der Waals surface area contributed by atoms with E-state index in [1.807, 2.05) is 24.3 Å². The summed E-state index contributed by atoms with van der Waals surface area (Å²) in [4.78, 5) is 0.281. The molecule has 0 spiro atoms. The minimum absolute atomic E-state index is 0.00504. The highest BCUT2D eigenvalue weighted by Crippen LogP contribution is 2.32. The number of benzene rings is 2. The van der Waals surface area contributed by atoms with Gasteiger partial charge in [-0.15, -0.1) is 0 Å². The van der Waals surface area contributed by atoms with Crippen LogP contribution in [0.4, 0.5) is 0 Å². The lowest BCUT2D eigenvalue weighted by Gasteiger charge is -2.22. The van der Waals surface area contributed by atoms with Crippen LogP contribution in [0.2, 0.25) is 0 Å². The lowest BCUT2D eigenvalue weighted by Crippen LogP contribution is -2.33. The summed E-state index contributed by atoms with van der Waals surface area (Å²) in [6.07, 6.45) is 4.40. The van der Waals surface area contributed by atoms with E-state index in [1.54, 1.807) is 24.3 Å². The van der Waals surface area contributed by atoms with E-state index < -0.39 is 25.1 Å². The summed E-state index contributed by atoms with van der Waals surface area (Å²) in [6, 6.07) is 14.5. The molecule has 2 aromatic rings. The lowest BCUT2D eigenvalue weighted by atomic mass is 9.92. The average molecular weight is 420 g/mol. The Morgan fingerprint density at radius 2 is 1.61 bits per heavy atom. The number of hydrogen-bond donors (Lipinski definition) is 0. The Morgan fingerprint density at radius 1 is 0.893 bits per heavy atom. The predicted octanol–water partition coefficient (Wildman–Crippen LogP) is 3.12. The minimum Gasteiger partial charge on any atom is -0.228 e. The number of fused-ring (bicyclic) bond motifs is 1. The molecule has 2 aromatic carbocycles. The number of aryl methyl sites for hydroxylation is 2. The number of sulfone groups is 1. The van der Waals surface area contributed by atoms with Crippen LogP contribution < -0.4 is 0 Å². The van der Waals surface area contributed by atoms with E-state index in [4.69, 9.17) is 0 Å². The van der Waals surface area contributed by atoms with Crippen LogP contribution in [-0.4, -0.2) is 40.0 Å². The maximum absolute atomic E-state index is 13.2. The largest absolute Gasteiger partial charge is 0.243 e. The molecule has 7 heteroatoms. The molecule has 1 saturated heterocycles. The van der Waals surface area contributed by atoms with Crippen LogP contribution in [0.15, 0.2) is 53.4 Å². The van der Waals surface area contributed by atoms with E-state index in [0.717, 1.165) is 36.8 Å². The molecule has 28 heavy (non-hydrogen) atoms. The first-order chi connectivity index (χ1) is 13.4. The average Bonchev–Trinajstić information content (AvgIpc) is 2.86. The van der Waals surface area contributed by atoms with Gasteiger partial charge in [0.1, 0.15) is 0 Å². The van der Waals surface area contributed by atoms with E-state index in [9.17, 15) is 16.8 Å². The summed E-state index contributed by atoms with van der Waals surface area (Å²) < 4.78 is 53.3. The Bertz CT molecular complexity index is 1060. The van der Waals surface area contributed by atoms with E-state index in [-0.39, 0.29) is 30.2 Å². The lowest BCUT2D eigenvalue weighted by molar-refractivity contribution is 0.428. The van der Waals surface area contributed by atoms with Crippen molar-refractivity contribution >= 4 is 19.9 Å². The van der Waals surface area contributed by atoms with Gasteiger partial charge in [-0.1, -0.05) is 36.4 Å². The zero-order valence-corrected chi connectivity index (χ0v) is 17.4. The van der Waals surface area contributed by atoms with Gasteiger partial charge in [-0.05, 0) is 60.9 Å². The molecule has 4 rings (SSSR count). The maximum atomic E-state index is 13.2. The van der Waals surface area contributed by atoms with E-state index in [2.05, 4.69) is 0 Å². The third kappa shape index (κ3) is 3.75. The maximum Gasteiger partial charge on any atom is 0.243 e. The fourth-order valence-electron chi connectivity index (χ4n) is 4.23. The van der Waals surface area contributed by atoms with Crippen molar-refractivity contribution < 1.29 is 16.8 Å². The highest BCUT2D eigenvalue weighted by atomic mass is 32.2. The molecule has 0 saturated carbocycles. The van der Waals surface area contributed by atoms with Crippen LogP contribution in [0.5, 0.6) is 0 Å². The molecule has 1 atom stereocenters. The predicted molar refractivity (Wildman–Crippen MR) is 109 cm³/mol. The molecular weight excluding hydrogens is 394 g/mol. The van der Waals surface area contributed by atoms with Gasteiger partial charge in [0.25, 0.3) is 0 Å². The molecule has 5 nitrogen and oxygen atoms in total. The van der Waals surface area contributed by atoms with Crippen molar-refractivity contribution in [3.63, 3.8) is 0 Å². The summed E-state index contributed by atoms with van der Waals surface area (Å²) in [5.41, 5.74) is 3.07. The van der Waals surface area contributed by atoms with Gasteiger partial charge in [0.2, 0.25) is 10.0 Å². The molecule has 0 radical (unpaired) electrons. The van der Waals surface area contributed by atoms with Crippen LogP contribution >= 0.6 is 0 Å². The van der Waals surface area contributed by atoms with E-state index in [0.29, 0.717) is 0 Å². The van der Waals surface area contributed by atoms with Gasteiger partial charge in [0.05, 0.1) is 15.9 Å². The second kappa shape index (κ2) is 7.61. The monoisotopic (exact) mass is 419 g/mol. The molecule has 1 unspecified atom stereocenters. The standard InChI is InChI=1S/C21H25NO4S2/c23-27(24)15-14-22(13-12-21(27)18-7-2-1-3-8-18)28(25,26)20-11-10-17-6-4-5-9-19(17)16-20/h1-3,7-8,10-11,16,21H,4-6,9,12-15H2. The van der Waals surface area contributed by atoms with Gasteiger partial charge in [0, 0.05) is 13.1 Å². The molecule has 1 aliphatic heterocycles. The third-order valence-corrected chi connectivity index (χ3v) is 9.85. The Balaban J connectivity index is 1.61. The Kier molecular flexibility index (Phi) is 5.33. The zero-order chi connectivity index (χ0) is 19.8. The van der Waals surface area contributed by atoms with Crippen LogP contribution in [0.25, 0.3) is 0 Å². The molecule has 0 aromatic heterocycles. The fraction of sp³-hybridized carbons (Fsp3) is 0.429. The molecule has 1 fully saturated rings. The van der Waals surface area contributed by atoms with Crippen molar-refractivity contribution in [3.05, 3.63) is 65.2 Å². The van der Waals surface area contributed by atoms with Gasteiger partial charge in [0.15, 0.2) is 9.84 Å². The second-order valence-electron chi connectivity index (χ2n) is 7.60. The van der Waals surface area contributed by atoms with E-state index >= 15 is 0 Å². The normalized spacial score (nSPS) is 22.9. The molecule has 0 amide bonds. The van der Waals surface area contributed by atoms with Crippen LogP contribution in [-0.2, 0) is 32.7 Å². The summed E-state index contributed by atoms with van der Waals surface area (Å²) in [5, 5.41) is -0.655. The van der Waals surface area contributed by atoms with Crippen molar-refractivity contribution in [3.8, 4) is 0 Å². The van der Waals surface area contributed by atoms with Gasteiger partial charge >= 0.3 is 0 Å². The first-order valence-corrected chi connectivity index (χ1v) is 12.9. The van der Waals surface area contributed by atoms with Crippen LogP contribution in [0.3, 0.4) is 0 Å². The first kappa shape index (κ1) is 19.6. The number of rotatable bonds is 3. The van der Waals surface area contributed by atoms with Gasteiger partial charge in [-0.2, -0.15) is 4.31 Å². The van der Waals surface area contributed by atoms with Crippen molar-refractivity contribution in [2.24, 2.45) is 0 Å². The van der Waals surface area contributed by atoms with Gasteiger partial charge in [-0.25, -0.2) is 16.8 Å².